The van der Waals surface area contributed by atoms with Crippen molar-refractivity contribution in [2.45, 2.75) is 45.7 Å². The van der Waals surface area contributed by atoms with E-state index in [-0.39, 0.29) is 0 Å². The summed E-state index contributed by atoms with van der Waals surface area (Å²) in [6, 6.07) is 10.0. The van der Waals surface area contributed by atoms with Crippen LogP contribution in [0.4, 0.5) is 0 Å². The van der Waals surface area contributed by atoms with Crippen LogP contribution >= 0.6 is 0 Å². The van der Waals surface area contributed by atoms with Gasteiger partial charge in [-0.15, -0.1) is 0 Å². The molecule has 82 valence electrons. The highest BCUT2D eigenvalue weighted by molar-refractivity contribution is 5.34. The molecular formula is C14H21N. The fourth-order valence-electron chi connectivity index (χ4n) is 2.24. The molecule has 0 spiro atoms. The number of hydrogen-bond donors (Lipinski definition) is 1. The minimum absolute atomic E-state index is 0.582. The summed E-state index contributed by atoms with van der Waals surface area (Å²) in [6.07, 6.45) is 2.50. The van der Waals surface area contributed by atoms with Crippen molar-refractivity contribution in [3.63, 3.8) is 0 Å². The van der Waals surface area contributed by atoms with Crippen molar-refractivity contribution in [2.75, 3.05) is 0 Å². The largest absolute Gasteiger partial charge is 0.307 e. The van der Waals surface area contributed by atoms with Crippen molar-refractivity contribution in [1.29, 1.82) is 0 Å². The molecule has 2 unspecified atom stereocenters. The molecular weight excluding hydrogens is 182 g/mol. The van der Waals surface area contributed by atoms with Crippen molar-refractivity contribution in [2.24, 2.45) is 5.92 Å². The zero-order valence-electron chi connectivity index (χ0n) is 9.96. The molecule has 1 aliphatic carbocycles. The summed E-state index contributed by atoms with van der Waals surface area (Å²) in [7, 11) is 0. The van der Waals surface area contributed by atoms with E-state index < -0.39 is 0 Å². The average Bonchev–Trinajstić information content (AvgIpc) is 2.62. The SMILES string of the molecule is CC(C)C(C)NC1CCc2ccccc21. The van der Waals surface area contributed by atoms with Gasteiger partial charge in [-0.2, -0.15) is 0 Å². The van der Waals surface area contributed by atoms with Crippen LogP contribution in [-0.4, -0.2) is 6.04 Å². The molecule has 1 nitrogen and oxygen atoms in total. The average molecular weight is 203 g/mol. The summed E-state index contributed by atoms with van der Waals surface area (Å²) in [5.41, 5.74) is 3.05. The molecule has 1 aromatic carbocycles. The maximum atomic E-state index is 3.73. The summed E-state index contributed by atoms with van der Waals surface area (Å²) in [5, 5.41) is 3.73. The third-order valence-corrected chi connectivity index (χ3v) is 3.60. The van der Waals surface area contributed by atoms with Gasteiger partial charge in [0.1, 0.15) is 0 Å². The van der Waals surface area contributed by atoms with E-state index in [2.05, 4.69) is 50.4 Å². The summed E-state index contributed by atoms with van der Waals surface area (Å²) >= 11 is 0. The Morgan fingerprint density at radius 3 is 2.67 bits per heavy atom. The van der Waals surface area contributed by atoms with Crippen LogP contribution in [-0.2, 0) is 6.42 Å². The van der Waals surface area contributed by atoms with Crippen LogP contribution in [0.1, 0.15) is 44.4 Å². The lowest BCUT2D eigenvalue weighted by Crippen LogP contribution is -2.33. The first-order chi connectivity index (χ1) is 7.18. The van der Waals surface area contributed by atoms with E-state index in [9.17, 15) is 0 Å². The zero-order chi connectivity index (χ0) is 10.8. The molecule has 1 heteroatoms. The summed E-state index contributed by atoms with van der Waals surface area (Å²) in [4.78, 5) is 0. The molecule has 1 N–H and O–H groups in total. The van der Waals surface area contributed by atoms with E-state index in [0.29, 0.717) is 18.0 Å². The smallest absolute Gasteiger partial charge is 0.0328 e. The van der Waals surface area contributed by atoms with E-state index >= 15 is 0 Å². The van der Waals surface area contributed by atoms with E-state index in [4.69, 9.17) is 0 Å². The third kappa shape index (κ3) is 2.23. The molecule has 2 rings (SSSR count). The van der Waals surface area contributed by atoms with E-state index in [1.807, 2.05) is 0 Å². The first-order valence-corrected chi connectivity index (χ1v) is 6.02. The Morgan fingerprint density at radius 1 is 1.20 bits per heavy atom. The van der Waals surface area contributed by atoms with Gasteiger partial charge in [-0.05, 0) is 36.8 Å². The van der Waals surface area contributed by atoms with E-state index in [1.165, 1.54) is 24.0 Å². The zero-order valence-corrected chi connectivity index (χ0v) is 9.96. The van der Waals surface area contributed by atoms with Gasteiger partial charge >= 0.3 is 0 Å². The minimum Gasteiger partial charge on any atom is -0.307 e. The highest BCUT2D eigenvalue weighted by atomic mass is 15.0. The highest BCUT2D eigenvalue weighted by Crippen LogP contribution is 2.31. The van der Waals surface area contributed by atoms with Gasteiger partial charge in [0.25, 0.3) is 0 Å². The van der Waals surface area contributed by atoms with Crippen LogP contribution in [0.15, 0.2) is 24.3 Å². The monoisotopic (exact) mass is 203 g/mol. The number of nitrogens with one attached hydrogen (secondary N) is 1. The van der Waals surface area contributed by atoms with Gasteiger partial charge in [-0.25, -0.2) is 0 Å². The van der Waals surface area contributed by atoms with Gasteiger partial charge in [0, 0.05) is 12.1 Å². The van der Waals surface area contributed by atoms with Gasteiger partial charge in [0.15, 0.2) is 0 Å². The molecule has 0 aromatic heterocycles. The fraction of sp³-hybridized carbons (Fsp3) is 0.571. The van der Waals surface area contributed by atoms with Gasteiger partial charge in [-0.3, -0.25) is 0 Å². The standard InChI is InChI=1S/C14H21N/c1-10(2)11(3)15-14-9-8-12-6-4-5-7-13(12)14/h4-7,10-11,14-15H,8-9H2,1-3H3. The Kier molecular flexibility index (Phi) is 3.11. The molecule has 2 atom stereocenters. The molecule has 0 heterocycles. The van der Waals surface area contributed by atoms with Crippen LogP contribution in [0.5, 0.6) is 0 Å². The Labute approximate surface area is 92.9 Å². The minimum atomic E-state index is 0.582. The second-order valence-electron chi connectivity index (χ2n) is 4.99. The second kappa shape index (κ2) is 4.36. The van der Waals surface area contributed by atoms with Crippen LogP contribution in [0.25, 0.3) is 0 Å². The van der Waals surface area contributed by atoms with Crippen molar-refractivity contribution in [3.05, 3.63) is 35.4 Å². The summed E-state index contributed by atoms with van der Waals surface area (Å²) < 4.78 is 0. The van der Waals surface area contributed by atoms with Gasteiger partial charge in [0.2, 0.25) is 0 Å². The molecule has 0 aliphatic heterocycles. The van der Waals surface area contributed by atoms with Crippen LogP contribution in [0.2, 0.25) is 0 Å². The Balaban J connectivity index is 2.08. The fourth-order valence-corrected chi connectivity index (χ4v) is 2.24. The number of fused-ring (bicyclic) bond motifs is 1. The van der Waals surface area contributed by atoms with Gasteiger partial charge in [-0.1, -0.05) is 38.1 Å². The van der Waals surface area contributed by atoms with Crippen molar-refractivity contribution >= 4 is 0 Å². The molecule has 1 aliphatic rings. The predicted molar refractivity (Wildman–Crippen MR) is 64.9 cm³/mol. The first kappa shape index (κ1) is 10.7. The normalized spacial score (nSPS) is 21.7. The maximum Gasteiger partial charge on any atom is 0.0328 e. The number of aryl methyl sites for hydroxylation is 1. The molecule has 0 bridgehead atoms. The molecule has 0 fully saturated rings. The van der Waals surface area contributed by atoms with E-state index in [1.54, 1.807) is 0 Å². The number of benzene rings is 1. The Morgan fingerprint density at radius 2 is 1.93 bits per heavy atom. The molecule has 0 saturated heterocycles. The van der Waals surface area contributed by atoms with Crippen molar-refractivity contribution in [3.8, 4) is 0 Å². The molecule has 1 aromatic rings. The maximum absolute atomic E-state index is 3.73. The molecule has 0 saturated carbocycles. The second-order valence-corrected chi connectivity index (χ2v) is 4.99. The van der Waals surface area contributed by atoms with Gasteiger partial charge < -0.3 is 5.32 Å². The molecule has 0 radical (unpaired) electrons. The predicted octanol–water partition coefficient (Wildman–Crippen LogP) is 3.31. The lowest BCUT2D eigenvalue weighted by atomic mass is 10.0. The van der Waals surface area contributed by atoms with Gasteiger partial charge in [0.05, 0.1) is 0 Å². The number of hydrogen-bond acceptors (Lipinski definition) is 1. The quantitative estimate of drug-likeness (QED) is 0.794. The number of rotatable bonds is 3. The Hall–Kier alpha value is -0.820. The summed E-state index contributed by atoms with van der Waals surface area (Å²) in [5.74, 6) is 0.706. The molecule has 0 amide bonds. The van der Waals surface area contributed by atoms with Crippen LogP contribution in [0, 0.1) is 5.92 Å². The lowest BCUT2D eigenvalue weighted by molar-refractivity contribution is 0.375. The Bertz CT molecular complexity index is 330. The van der Waals surface area contributed by atoms with Crippen molar-refractivity contribution in [1.82, 2.24) is 5.32 Å². The van der Waals surface area contributed by atoms with Crippen molar-refractivity contribution < 1.29 is 0 Å². The summed E-state index contributed by atoms with van der Waals surface area (Å²) in [6.45, 7) is 6.84. The third-order valence-electron chi connectivity index (χ3n) is 3.60. The topological polar surface area (TPSA) is 12.0 Å². The first-order valence-electron chi connectivity index (χ1n) is 6.02. The van der Waals surface area contributed by atoms with Crippen LogP contribution in [0.3, 0.4) is 0 Å². The molecule has 15 heavy (non-hydrogen) atoms. The lowest BCUT2D eigenvalue weighted by Gasteiger charge is -2.23. The highest BCUT2D eigenvalue weighted by Gasteiger charge is 2.23. The van der Waals surface area contributed by atoms with E-state index in [0.717, 1.165) is 0 Å². The van der Waals surface area contributed by atoms with Crippen LogP contribution < -0.4 is 5.32 Å².